The number of carbonyl (C=O) groups excluding carboxylic acids is 4. The molecule has 3 heterocycles. The molecule has 2 amide bonds. The first kappa shape index (κ1) is 24.0. The van der Waals surface area contributed by atoms with Gasteiger partial charge in [0.05, 0.1) is 23.6 Å². The quantitative estimate of drug-likeness (QED) is 0.351. The molecule has 3 aromatic carbocycles. The van der Waals surface area contributed by atoms with Crippen LogP contribution in [0.2, 0.25) is 5.02 Å². The molecular formula is C30H20ClFN2O4. The maximum absolute atomic E-state index is 13.8. The Morgan fingerprint density at radius 3 is 2.13 bits per heavy atom. The molecule has 0 spiro atoms. The van der Waals surface area contributed by atoms with Crippen molar-refractivity contribution in [2.45, 2.75) is 12.1 Å². The van der Waals surface area contributed by atoms with Crippen molar-refractivity contribution in [3.05, 3.63) is 125 Å². The normalized spacial score (nSPS) is 23.8. The van der Waals surface area contributed by atoms with E-state index in [2.05, 4.69) is 0 Å². The first-order valence-electron chi connectivity index (χ1n) is 12.1. The molecule has 0 aliphatic carbocycles. The molecule has 188 valence electrons. The molecule has 8 heteroatoms. The van der Waals surface area contributed by atoms with Crippen molar-refractivity contribution < 1.29 is 23.6 Å². The summed E-state index contributed by atoms with van der Waals surface area (Å²) < 4.78 is 13.6. The van der Waals surface area contributed by atoms with Gasteiger partial charge in [-0.05, 0) is 54.6 Å². The maximum atomic E-state index is 13.8. The summed E-state index contributed by atoms with van der Waals surface area (Å²) in [5.41, 5.74) is 1.44. The average molecular weight is 527 g/mol. The number of hydrogen-bond donors (Lipinski definition) is 0. The van der Waals surface area contributed by atoms with Crippen molar-refractivity contribution in [3.63, 3.8) is 0 Å². The van der Waals surface area contributed by atoms with Gasteiger partial charge in [0, 0.05) is 27.9 Å². The molecule has 0 radical (unpaired) electrons. The topological polar surface area (TPSA) is 74.8 Å². The number of nitrogens with zero attached hydrogens (tertiary/aromatic N) is 2. The number of halogens is 2. The molecular weight excluding hydrogens is 507 g/mol. The first-order chi connectivity index (χ1) is 18.3. The van der Waals surface area contributed by atoms with E-state index < -0.39 is 41.6 Å². The molecule has 0 aromatic heterocycles. The zero-order chi connectivity index (χ0) is 26.6. The largest absolute Gasteiger partial charge is 0.359 e. The molecule has 38 heavy (non-hydrogen) atoms. The number of imide groups is 1. The highest BCUT2D eigenvalue weighted by Gasteiger charge is 2.63. The lowest BCUT2D eigenvalue weighted by Gasteiger charge is -2.32. The van der Waals surface area contributed by atoms with E-state index in [-0.39, 0.29) is 17.3 Å². The lowest BCUT2D eigenvalue weighted by atomic mass is 9.85. The summed E-state index contributed by atoms with van der Waals surface area (Å²) in [6, 6.07) is 18.5. The summed E-state index contributed by atoms with van der Waals surface area (Å²) in [5.74, 6) is -3.99. The van der Waals surface area contributed by atoms with Crippen LogP contribution in [0.5, 0.6) is 0 Å². The number of hydrogen-bond acceptors (Lipinski definition) is 5. The highest BCUT2D eigenvalue weighted by Crippen LogP contribution is 2.47. The molecule has 0 bridgehead atoms. The Hall–Kier alpha value is -4.36. The number of ketones is 2. The van der Waals surface area contributed by atoms with Crippen molar-refractivity contribution in [1.29, 1.82) is 0 Å². The van der Waals surface area contributed by atoms with Gasteiger partial charge in [-0.15, -0.1) is 0 Å². The van der Waals surface area contributed by atoms with Crippen molar-refractivity contribution in [1.82, 2.24) is 4.90 Å². The van der Waals surface area contributed by atoms with Crippen molar-refractivity contribution in [2.75, 3.05) is 4.90 Å². The Kier molecular flexibility index (Phi) is 5.80. The summed E-state index contributed by atoms with van der Waals surface area (Å²) in [5, 5.41) is 0.461. The number of carbonyl (C=O) groups is 4. The number of benzene rings is 3. The maximum Gasteiger partial charge on any atom is 0.240 e. The molecule has 2 saturated heterocycles. The molecule has 0 saturated carbocycles. The van der Waals surface area contributed by atoms with Crippen LogP contribution in [0.4, 0.5) is 10.1 Å². The monoisotopic (exact) mass is 526 g/mol. The van der Waals surface area contributed by atoms with Crippen LogP contribution in [-0.2, 0) is 9.59 Å². The van der Waals surface area contributed by atoms with E-state index in [0.717, 1.165) is 4.90 Å². The SMILES string of the molecule is O=C(C1=C[C@H]2[C@H]3C(=O)N(c4ccc(F)cc4)C(=O)[C@@H]3[C@H](C(=O)c3ccc(Cl)cc3)N2C=C1)c1ccccc1. The van der Waals surface area contributed by atoms with Crippen LogP contribution in [0.3, 0.4) is 0 Å². The van der Waals surface area contributed by atoms with Gasteiger partial charge in [-0.1, -0.05) is 48.0 Å². The second-order valence-corrected chi connectivity index (χ2v) is 9.86. The minimum atomic E-state index is -0.993. The third kappa shape index (κ3) is 3.78. The first-order valence-corrected chi connectivity index (χ1v) is 12.4. The fourth-order valence-corrected chi connectivity index (χ4v) is 5.71. The van der Waals surface area contributed by atoms with Crippen LogP contribution in [0, 0.1) is 17.7 Å². The smallest absolute Gasteiger partial charge is 0.240 e. The predicted molar refractivity (Wildman–Crippen MR) is 139 cm³/mol. The van der Waals surface area contributed by atoms with Crippen LogP contribution in [0.1, 0.15) is 20.7 Å². The van der Waals surface area contributed by atoms with E-state index in [1.54, 1.807) is 71.8 Å². The van der Waals surface area contributed by atoms with E-state index in [4.69, 9.17) is 11.6 Å². The fourth-order valence-electron chi connectivity index (χ4n) is 5.58. The van der Waals surface area contributed by atoms with Crippen LogP contribution >= 0.6 is 11.6 Å². The number of allylic oxidation sites excluding steroid dienone is 2. The molecule has 4 atom stereocenters. The van der Waals surface area contributed by atoms with Gasteiger partial charge >= 0.3 is 0 Å². The van der Waals surface area contributed by atoms with Gasteiger partial charge in [0.2, 0.25) is 11.8 Å². The summed E-state index contributed by atoms with van der Waals surface area (Å²) in [7, 11) is 0. The van der Waals surface area contributed by atoms with E-state index in [1.807, 2.05) is 6.07 Å². The zero-order valence-corrected chi connectivity index (χ0v) is 20.6. The number of amides is 2. The van der Waals surface area contributed by atoms with Gasteiger partial charge in [-0.25, -0.2) is 9.29 Å². The number of anilines is 1. The van der Waals surface area contributed by atoms with Crippen LogP contribution in [0.15, 0.2) is 103 Å². The highest BCUT2D eigenvalue weighted by molar-refractivity contribution is 6.30. The molecule has 2 fully saturated rings. The average Bonchev–Trinajstić information content (AvgIpc) is 3.41. The number of rotatable bonds is 5. The van der Waals surface area contributed by atoms with Gasteiger partial charge in [-0.3, -0.25) is 19.2 Å². The third-order valence-corrected chi connectivity index (χ3v) is 7.58. The van der Waals surface area contributed by atoms with Crippen LogP contribution in [-0.4, -0.2) is 40.4 Å². The van der Waals surface area contributed by atoms with Gasteiger partial charge in [0.25, 0.3) is 0 Å². The summed E-state index contributed by atoms with van der Waals surface area (Å²) >= 11 is 6.01. The Labute approximate surface area is 222 Å². The summed E-state index contributed by atoms with van der Waals surface area (Å²) in [6.07, 6.45) is 4.91. The minimum absolute atomic E-state index is 0.224. The van der Waals surface area contributed by atoms with Gasteiger partial charge in [0.1, 0.15) is 11.9 Å². The molecule has 0 unspecified atom stereocenters. The summed E-state index contributed by atoms with van der Waals surface area (Å²) in [4.78, 5) is 57.2. The molecule has 6 rings (SSSR count). The molecule has 3 aliphatic heterocycles. The predicted octanol–water partition coefficient (Wildman–Crippen LogP) is 4.86. The van der Waals surface area contributed by atoms with Gasteiger partial charge in [0.15, 0.2) is 11.6 Å². The standard InChI is InChI=1S/C30H20ClFN2O4/c31-20-8-6-18(7-9-20)28(36)26-25-24(29(37)34(30(25)38)22-12-10-21(32)11-13-22)23-16-19(14-15-33(23)26)27(35)17-4-2-1-3-5-17/h1-16,23-26H/t23-,24+,25-,26+/m0/s1. The number of Topliss-reactive ketones (excluding diaryl/α,β-unsaturated/α-hetero) is 2. The van der Waals surface area contributed by atoms with E-state index in [1.165, 1.54) is 24.3 Å². The Morgan fingerprint density at radius 2 is 1.45 bits per heavy atom. The molecule has 0 N–H and O–H groups in total. The van der Waals surface area contributed by atoms with Crippen molar-refractivity contribution >= 4 is 40.7 Å². The Morgan fingerprint density at radius 1 is 0.789 bits per heavy atom. The highest BCUT2D eigenvalue weighted by atomic mass is 35.5. The zero-order valence-electron chi connectivity index (χ0n) is 19.8. The second kappa shape index (κ2) is 9.19. The van der Waals surface area contributed by atoms with Gasteiger partial charge in [-0.2, -0.15) is 0 Å². The Bertz CT molecular complexity index is 1530. The Balaban J connectivity index is 1.43. The van der Waals surface area contributed by atoms with Crippen molar-refractivity contribution in [3.8, 4) is 0 Å². The van der Waals surface area contributed by atoms with E-state index in [9.17, 15) is 23.6 Å². The van der Waals surface area contributed by atoms with E-state index >= 15 is 0 Å². The lowest BCUT2D eigenvalue weighted by Crippen LogP contribution is -2.46. The molecule has 3 aliphatic rings. The minimum Gasteiger partial charge on any atom is -0.359 e. The molecule has 6 nitrogen and oxygen atoms in total. The van der Waals surface area contributed by atoms with Crippen LogP contribution in [0.25, 0.3) is 0 Å². The second-order valence-electron chi connectivity index (χ2n) is 9.43. The fraction of sp³-hybridized carbons (Fsp3) is 0.133. The van der Waals surface area contributed by atoms with E-state index in [0.29, 0.717) is 21.7 Å². The van der Waals surface area contributed by atoms with Gasteiger partial charge < -0.3 is 4.90 Å². The van der Waals surface area contributed by atoms with Crippen molar-refractivity contribution in [2.24, 2.45) is 11.8 Å². The number of fused-ring (bicyclic) bond motifs is 3. The summed E-state index contributed by atoms with van der Waals surface area (Å²) in [6.45, 7) is 0. The molecule has 3 aromatic rings. The van der Waals surface area contributed by atoms with Crippen LogP contribution < -0.4 is 4.90 Å². The third-order valence-electron chi connectivity index (χ3n) is 7.33. The lowest BCUT2D eigenvalue weighted by molar-refractivity contribution is -0.123.